The van der Waals surface area contributed by atoms with Gasteiger partial charge in [-0.1, -0.05) is 30.3 Å². The number of aromatic amines is 1. The fourth-order valence-electron chi connectivity index (χ4n) is 5.02. The summed E-state index contributed by atoms with van der Waals surface area (Å²) >= 11 is 0. The van der Waals surface area contributed by atoms with E-state index in [1.807, 2.05) is 17.9 Å². The first-order valence-electron chi connectivity index (χ1n) is 10.8. The van der Waals surface area contributed by atoms with Gasteiger partial charge in [0.25, 0.3) is 11.5 Å². The van der Waals surface area contributed by atoms with Crippen LogP contribution in [-0.4, -0.2) is 65.3 Å². The summed E-state index contributed by atoms with van der Waals surface area (Å²) in [5, 5.41) is 8.77. The summed E-state index contributed by atoms with van der Waals surface area (Å²) in [6.07, 6.45) is 4.29. The lowest BCUT2D eigenvalue weighted by atomic mass is 10.2. The lowest BCUT2D eigenvalue weighted by Crippen LogP contribution is -2.48. The van der Waals surface area contributed by atoms with Crippen LogP contribution in [-0.2, 0) is 6.54 Å². The number of likely N-dealkylation sites (tertiary alicyclic amines) is 2. The first kappa shape index (κ1) is 19.0. The molecule has 2 atom stereocenters. The van der Waals surface area contributed by atoms with Crippen LogP contribution in [0.25, 0.3) is 11.5 Å². The molecule has 2 bridgehead atoms. The summed E-state index contributed by atoms with van der Waals surface area (Å²) < 4.78 is 3.03. The first-order chi connectivity index (χ1) is 15.6. The van der Waals surface area contributed by atoms with Crippen molar-refractivity contribution >= 4 is 11.4 Å². The maximum Gasteiger partial charge on any atom is 0.276 e. The van der Waals surface area contributed by atoms with Crippen molar-refractivity contribution in [1.82, 2.24) is 34.2 Å². The topological polar surface area (TPSA) is 91.5 Å². The van der Waals surface area contributed by atoms with Crippen LogP contribution in [0.5, 0.6) is 0 Å². The highest BCUT2D eigenvalue weighted by atomic mass is 16.2. The zero-order valence-corrected chi connectivity index (χ0v) is 17.7. The van der Waals surface area contributed by atoms with Gasteiger partial charge in [0.05, 0.1) is 17.5 Å². The van der Waals surface area contributed by atoms with Gasteiger partial charge in [-0.05, 0) is 31.0 Å². The molecule has 3 aromatic heterocycles. The van der Waals surface area contributed by atoms with Crippen LogP contribution in [0.4, 0.5) is 0 Å². The number of nitrogens with zero attached hydrogens (tertiary/aromatic N) is 6. The molecule has 32 heavy (non-hydrogen) atoms. The average Bonchev–Trinajstić information content (AvgIpc) is 3.57. The van der Waals surface area contributed by atoms with E-state index in [0.717, 1.165) is 26.1 Å². The standard InChI is InChI=1S/C23H23N7O2/c1-15-19(11-24-30(15)23-25-21(31)20-8-5-9-29(20)26-23)22(32)28-14-17-10-18(28)13-27(17)12-16-6-3-2-4-7-16/h2-9,11,17-18H,10,12-14H2,1H3,(H,25,26,31)/t17-,18-/m0/s1. The van der Waals surface area contributed by atoms with Crippen molar-refractivity contribution in [3.63, 3.8) is 0 Å². The Morgan fingerprint density at radius 2 is 1.97 bits per heavy atom. The van der Waals surface area contributed by atoms with Crippen LogP contribution in [0.15, 0.2) is 59.7 Å². The Balaban J connectivity index is 1.22. The lowest BCUT2D eigenvalue weighted by Gasteiger charge is -2.34. The largest absolute Gasteiger partial charge is 0.333 e. The molecule has 1 amide bonds. The molecular formula is C23H23N7O2. The second-order valence-electron chi connectivity index (χ2n) is 8.59. The molecule has 2 aliphatic rings. The Labute approximate surface area is 183 Å². The van der Waals surface area contributed by atoms with Crippen LogP contribution in [0.1, 0.15) is 28.0 Å². The molecule has 5 heterocycles. The van der Waals surface area contributed by atoms with E-state index < -0.39 is 0 Å². The second kappa shape index (κ2) is 7.16. The third-order valence-corrected chi connectivity index (χ3v) is 6.67. The molecule has 0 saturated carbocycles. The fourth-order valence-corrected chi connectivity index (χ4v) is 5.02. The van der Waals surface area contributed by atoms with Crippen molar-refractivity contribution in [2.45, 2.75) is 32.0 Å². The van der Waals surface area contributed by atoms with E-state index in [1.54, 1.807) is 24.5 Å². The van der Waals surface area contributed by atoms with Gasteiger partial charge in [-0.2, -0.15) is 5.10 Å². The van der Waals surface area contributed by atoms with Crippen LogP contribution < -0.4 is 5.56 Å². The Hall–Kier alpha value is -3.72. The fraction of sp³-hybridized carbons (Fsp3) is 0.304. The van der Waals surface area contributed by atoms with Crippen LogP contribution >= 0.6 is 0 Å². The maximum absolute atomic E-state index is 13.4. The zero-order valence-electron chi connectivity index (χ0n) is 17.7. The smallest absolute Gasteiger partial charge is 0.276 e. The van der Waals surface area contributed by atoms with E-state index in [1.165, 1.54) is 14.8 Å². The molecular weight excluding hydrogens is 406 g/mol. The molecule has 0 radical (unpaired) electrons. The normalized spacial score (nSPS) is 20.5. The van der Waals surface area contributed by atoms with E-state index in [-0.39, 0.29) is 23.5 Å². The summed E-state index contributed by atoms with van der Waals surface area (Å²) in [7, 11) is 0. The van der Waals surface area contributed by atoms with Gasteiger partial charge in [-0.3, -0.25) is 19.5 Å². The van der Waals surface area contributed by atoms with Gasteiger partial charge in [0.1, 0.15) is 5.52 Å². The molecule has 6 rings (SSSR count). The number of benzene rings is 1. The molecule has 1 aromatic carbocycles. The van der Waals surface area contributed by atoms with E-state index in [2.05, 4.69) is 44.3 Å². The monoisotopic (exact) mass is 429 g/mol. The minimum absolute atomic E-state index is 0.00926. The quantitative estimate of drug-likeness (QED) is 0.532. The Kier molecular flexibility index (Phi) is 4.25. The summed E-state index contributed by atoms with van der Waals surface area (Å²) in [5.41, 5.74) is 2.72. The third kappa shape index (κ3) is 2.96. The number of aromatic nitrogens is 5. The second-order valence-corrected chi connectivity index (χ2v) is 8.59. The number of carbonyl (C=O) groups is 1. The molecule has 2 aliphatic heterocycles. The van der Waals surface area contributed by atoms with Gasteiger partial charge in [0.15, 0.2) is 0 Å². The highest BCUT2D eigenvalue weighted by molar-refractivity contribution is 5.95. The number of nitrogens with one attached hydrogen (secondary N) is 1. The molecule has 162 valence electrons. The number of carbonyl (C=O) groups excluding carboxylic acids is 1. The molecule has 0 spiro atoms. The minimum atomic E-state index is -0.252. The first-order valence-corrected chi connectivity index (χ1v) is 10.8. The lowest BCUT2D eigenvalue weighted by molar-refractivity contribution is 0.0615. The predicted octanol–water partition coefficient (Wildman–Crippen LogP) is 1.62. The SMILES string of the molecule is Cc1c(C(=O)N2C[C@@H]3C[C@H]2CN3Cc2ccccc2)cnn1-c1nn2cccc2c(=O)[nH]1. The molecule has 0 unspecified atom stereocenters. The number of piperazine rings is 1. The summed E-state index contributed by atoms with van der Waals surface area (Å²) in [5.74, 6) is 0.275. The van der Waals surface area contributed by atoms with Gasteiger partial charge >= 0.3 is 0 Å². The Morgan fingerprint density at radius 1 is 1.12 bits per heavy atom. The maximum atomic E-state index is 13.4. The Bertz CT molecular complexity index is 1370. The Morgan fingerprint density at radius 3 is 2.75 bits per heavy atom. The predicted molar refractivity (Wildman–Crippen MR) is 118 cm³/mol. The summed E-state index contributed by atoms with van der Waals surface area (Å²) in [6.45, 7) is 4.36. The summed E-state index contributed by atoms with van der Waals surface area (Å²) in [6, 6.07) is 14.5. The molecule has 1 N–H and O–H groups in total. The van der Waals surface area contributed by atoms with Crippen molar-refractivity contribution in [1.29, 1.82) is 0 Å². The van der Waals surface area contributed by atoms with Gasteiger partial charge in [0, 0.05) is 37.9 Å². The molecule has 4 aromatic rings. The van der Waals surface area contributed by atoms with E-state index in [0.29, 0.717) is 22.8 Å². The molecule has 9 heteroatoms. The third-order valence-electron chi connectivity index (χ3n) is 6.67. The van der Waals surface area contributed by atoms with Gasteiger partial charge in [0.2, 0.25) is 5.95 Å². The van der Waals surface area contributed by atoms with E-state index in [9.17, 15) is 9.59 Å². The number of hydrogen-bond acceptors (Lipinski definition) is 5. The van der Waals surface area contributed by atoms with E-state index >= 15 is 0 Å². The number of fused-ring (bicyclic) bond motifs is 3. The van der Waals surface area contributed by atoms with Crippen molar-refractivity contribution < 1.29 is 4.79 Å². The molecule has 0 aliphatic carbocycles. The van der Waals surface area contributed by atoms with Crippen molar-refractivity contribution in [2.24, 2.45) is 0 Å². The van der Waals surface area contributed by atoms with Crippen LogP contribution in [0.3, 0.4) is 0 Å². The highest BCUT2D eigenvalue weighted by Gasteiger charge is 2.45. The summed E-state index contributed by atoms with van der Waals surface area (Å²) in [4.78, 5) is 32.9. The molecule has 9 nitrogen and oxygen atoms in total. The number of H-pyrrole nitrogens is 1. The number of amides is 1. The zero-order chi connectivity index (χ0) is 21.8. The average molecular weight is 429 g/mol. The van der Waals surface area contributed by atoms with Gasteiger partial charge in [-0.15, -0.1) is 5.10 Å². The number of rotatable bonds is 4. The minimum Gasteiger partial charge on any atom is -0.333 e. The van der Waals surface area contributed by atoms with Gasteiger partial charge in [-0.25, -0.2) is 9.20 Å². The highest BCUT2D eigenvalue weighted by Crippen LogP contribution is 2.33. The van der Waals surface area contributed by atoms with Crippen molar-refractivity contribution in [3.05, 3.63) is 82.0 Å². The van der Waals surface area contributed by atoms with Crippen molar-refractivity contribution in [2.75, 3.05) is 13.1 Å². The van der Waals surface area contributed by atoms with Gasteiger partial charge < -0.3 is 4.90 Å². The number of hydrogen-bond donors (Lipinski definition) is 1. The van der Waals surface area contributed by atoms with Crippen molar-refractivity contribution in [3.8, 4) is 5.95 Å². The molecule has 2 saturated heterocycles. The van der Waals surface area contributed by atoms with E-state index in [4.69, 9.17) is 0 Å². The van der Waals surface area contributed by atoms with Crippen LogP contribution in [0, 0.1) is 6.92 Å². The van der Waals surface area contributed by atoms with Crippen LogP contribution in [0.2, 0.25) is 0 Å². The molecule has 2 fully saturated rings.